The van der Waals surface area contributed by atoms with Gasteiger partial charge in [0, 0.05) is 25.4 Å². The molecule has 6 heteroatoms. The molecule has 0 saturated heterocycles. The summed E-state index contributed by atoms with van der Waals surface area (Å²) < 4.78 is 1.99. The molecule has 5 rings (SSSR count). The lowest BCUT2D eigenvalue weighted by Crippen LogP contribution is -2.29. The second kappa shape index (κ2) is 7.15. The Hall–Kier alpha value is -4.37. The molecule has 31 heavy (non-hydrogen) atoms. The predicted molar refractivity (Wildman–Crippen MR) is 123 cm³/mol. The molecule has 0 aliphatic heterocycles. The van der Waals surface area contributed by atoms with Gasteiger partial charge in [0.1, 0.15) is 11.6 Å². The summed E-state index contributed by atoms with van der Waals surface area (Å²) in [6.45, 7) is 0. The van der Waals surface area contributed by atoms with Crippen molar-refractivity contribution in [3.8, 4) is 28.6 Å². The maximum Gasteiger partial charge on any atom is 0.167 e. The molecule has 0 atom stereocenters. The highest BCUT2D eigenvalue weighted by Gasteiger charge is 2.19. The van der Waals surface area contributed by atoms with E-state index < -0.39 is 0 Å². The molecule has 0 bridgehead atoms. The third kappa shape index (κ3) is 2.95. The minimum Gasteiger partial charge on any atom is -0.353 e. The highest BCUT2D eigenvalue weighted by Crippen LogP contribution is 2.33. The van der Waals surface area contributed by atoms with Crippen LogP contribution in [0, 0.1) is 16.7 Å². The van der Waals surface area contributed by atoms with Crippen LogP contribution in [0.15, 0.2) is 72.8 Å². The van der Waals surface area contributed by atoms with Crippen molar-refractivity contribution in [1.29, 1.82) is 10.7 Å². The maximum absolute atomic E-state index is 9.79. The van der Waals surface area contributed by atoms with Crippen LogP contribution in [0.4, 0.5) is 0 Å². The Balaban J connectivity index is 2.00. The van der Waals surface area contributed by atoms with Gasteiger partial charge in [-0.3, -0.25) is 5.41 Å². The van der Waals surface area contributed by atoms with E-state index in [1.54, 1.807) is 0 Å². The summed E-state index contributed by atoms with van der Waals surface area (Å²) >= 11 is 0. The first-order valence-corrected chi connectivity index (χ1v) is 9.94. The van der Waals surface area contributed by atoms with Crippen LogP contribution in [0.25, 0.3) is 44.5 Å². The molecule has 6 nitrogen and oxygen atoms in total. The lowest BCUT2D eigenvalue weighted by molar-refractivity contribution is 0.751. The van der Waals surface area contributed by atoms with Crippen LogP contribution in [-0.4, -0.2) is 28.7 Å². The first kappa shape index (κ1) is 18.6. The minimum absolute atomic E-state index is 0.0430. The summed E-state index contributed by atoms with van der Waals surface area (Å²) in [5.74, 6) is 0. The van der Waals surface area contributed by atoms with Gasteiger partial charge in [0.25, 0.3) is 0 Å². The number of pyridine rings is 3. The van der Waals surface area contributed by atoms with E-state index in [2.05, 4.69) is 40.3 Å². The number of H-pyrrole nitrogens is 1. The highest BCUT2D eigenvalue weighted by molar-refractivity contribution is 6.10. The molecule has 5 aromatic rings. The standard InChI is InChI=1S/C25H20N6/c1-30(2)31-21(17-11-7-4-8-12-17)14-18-13-20(16-9-5-3-6-10-16)28-23-19(15-26)24(27)29-25(31)22(18)23/h3-14,27-28H,1-2H3. The Morgan fingerprint density at radius 1 is 0.968 bits per heavy atom. The average molecular weight is 404 g/mol. The Morgan fingerprint density at radius 2 is 1.61 bits per heavy atom. The van der Waals surface area contributed by atoms with Crippen molar-refractivity contribution in [2.75, 3.05) is 19.1 Å². The molecule has 0 aliphatic carbocycles. The van der Waals surface area contributed by atoms with E-state index in [0.717, 1.165) is 33.3 Å². The third-order valence-electron chi connectivity index (χ3n) is 5.41. The molecule has 3 aromatic heterocycles. The topological polar surface area (TPSA) is 84.5 Å². The fourth-order valence-electron chi connectivity index (χ4n) is 4.06. The second-order valence-corrected chi connectivity index (χ2v) is 7.58. The van der Waals surface area contributed by atoms with Crippen molar-refractivity contribution in [2.24, 2.45) is 0 Å². The molecule has 0 fully saturated rings. The van der Waals surface area contributed by atoms with Crippen molar-refractivity contribution in [3.63, 3.8) is 0 Å². The zero-order valence-electron chi connectivity index (χ0n) is 17.2. The zero-order valence-corrected chi connectivity index (χ0v) is 17.2. The number of rotatable bonds is 3. The number of aromatic nitrogens is 3. The summed E-state index contributed by atoms with van der Waals surface area (Å²) in [5, 5.41) is 22.0. The molecule has 150 valence electrons. The summed E-state index contributed by atoms with van der Waals surface area (Å²) in [6.07, 6.45) is 0. The van der Waals surface area contributed by atoms with Crippen LogP contribution in [0.2, 0.25) is 0 Å². The number of nitriles is 1. The Bertz CT molecular complexity index is 1520. The van der Waals surface area contributed by atoms with E-state index in [4.69, 9.17) is 5.41 Å². The van der Waals surface area contributed by atoms with Crippen molar-refractivity contribution in [3.05, 3.63) is 83.8 Å². The molecule has 2 aromatic carbocycles. The van der Waals surface area contributed by atoms with E-state index >= 15 is 0 Å². The summed E-state index contributed by atoms with van der Waals surface area (Å²) in [4.78, 5) is 7.96. The van der Waals surface area contributed by atoms with Crippen molar-refractivity contribution >= 4 is 21.9 Å². The number of hydrogen-bond acceptors (Lipinski definition) is 4. The molecule has 0 amide bonds. The zero-order chi connectivity index (χ0) is 21.5. The van der Waals surface area contributed by atoms with Gasteiger partial charge >= 0.3 is 0 Å². The number of nitrogens with zero attached hydrogens (tertiary/aromatic N) is 4. The quantitative estimate of drug-likeness (QED) is 0.467. The smallest absolute Gasteiger partial charge is 0.167 e. The van der Waals surface area contributed by atoms with Gasteiger partial charge in [-0.1, -0.05) is 60.7 Å². The van der Waals surface area contributed by atoms with Crippen LogP contribution in [0.3, 0.4) is 0 Å². The fourth-order valence-corrected chi connectivity index (χ4v) is 4.06. The Kier molecular flexibility index (Phi) is 4.30. The van der Waals surface area contributed by atoms with E-state index in [9.17, 15) is 5.26 Å². The molecule has 0 saturated carbocycles. The van der Waals surface area contributed by atoms with Gasteiger partial charge in [-0.25, -0.2) is 9.66 Å². The first-order valence-electron chi connectivity index (χ1n) is 9.94. The second-order valence-electron chi connectivity index (χ2n) is 7.58. The minimum atomic E-state index is -0.0430. The van der Waals surface area contributed by atoms with Gasteiger partial charge in [-0.15, -0.1) is 0 Å². The van der Waals surface area contributed by atoms with Crippen LogP contribution >= 0.6 is 0 Å². The first-order chi connectivity index (χ1) is 15.1. The van der Waals surface area contributed by atoms with Crippen molar-refractivity contribution < 1.29 is 0 Å². The summed E-state index contributed by atoms with van der Waals surface area (Å²) in [7, 11) is 3.89. The van der Waals surface area contributed by atoms with E-state index in [-0.39, 0.29) is 11.1 Å². The SMILES string of the molecule is CN(C)n1c(-c2ccccc2)cc2cc(-c3ccccc3)[nH]c3c(C#N)c(=N)nc1c23. The van der Waals surface area contributed by atoms with Gasteiger partial charge in [-0.2, -0.15) is 5.26 Å². The monoisotopic (exact) mass is 404 g/mol. The largest absolute Gasteiger partial charge is 0.353 e. The molecule has 0 radical (unpaired) electrons. The Labute approximate surface area is 179 Å². The normalized spacial score (nSPS) is 11.0. The van der Waals surface area contributed by atoms with E-state index in [1.165, 1.54) is 0 Å². The van der Waals surface area contributed by atoms with Crippen LogP contribution in [-0.2, 0) is 0 Å². The van der Waals surface area contributed by atoms with E-state index in [1.807, 2.05) is 72.3 Å². The molecule has 0 spiro atoms. The number of benzene rings is 2. The van der Waals surface area contributed by atoms with Gasteiger partial charge in [0.15, 0.2) is 11.1 Å². The maximum atomic E-state index is 9.79. The number of aromatic amines is 1. The predicted octanol–water partition coefficient (Wildman–Crippen LogP) is 4.40. The summed E-state index contributed by atoms with van der Waals surface area (Å²) in [5.41, 5.74) is 5.37. The van der Waals surface area contributed by atoms with Crippen LogP contribution in [0.5, 0.6) is 0 Å². The molecular weight excluding hydrogens is 384 g/mol. The molecule has 0 aliphatic rings. The Morgan fingerprint density at radius 3 is 2.23 bits per heavy atom. The molecule has 3 heterocycles. The van der Waals surface area contributed by atoms with Gasteiger partial charge < -0.3 is 9.99 Å². The van der Waals surface area contributed by atoms with Gasteiger partial charge in [-0.05, 0) is 23.1 Å². The van der Waals surface area contributed by atoms with Crippen LogP contribution < -0.4 is 10.5 Å². The summed E-state index contributed by atoms with van der Waals surface area (Å²) in [6, 6.07) is 26.5. The van der Waals surface area contributed by atoms with Crippen molar-refractivity contribution in [1.82, 2.24) is 14.6 Å². The molecule has 2 N–H and O–H groups in total. The molecular formula is C25H20N6. The lowest BCUT2D eigenvalue weighted by atomic mass is 10.0. The lowest BCUT2D eigenvalue weighted by Gasteiger charge is -2.25. The fraction of sp³-hybridized carbons (Fsp3) is 0.0800. The van der Waals surface area contributed by atoms with Gasteiger partial charge in [0.2, 0.25) is 0 Å². The number of hydrogen-bond donors (Lipinski definition) is 2. The number of nitrogens with one attached hydrogen (secondary N) is 2. The van der Waals surface area contributed by atoms with Gasteiger partial charge in [0.05, 0.1) is 16.6 Å². The molecule has 0 unspecified atom stereocenters. The highest BCUT2D eigenvalue weighted by atomic mass is 15.5. The van der Waals surface area contributed by atoms with E-state index in [0.29, 0.717) is 11.2 Å². The van der Waals surface area contributed by atoms with Crippen LogP contribution in [0.1, 0.15) is 5.56 Å². The average Bonchev–Trinajstić information content (AvgIpc) is 2.79. The van der Waals surface area contributed by atoms with Crippen molar-refractivity contribution in [2.45, 2.75) is 0 Å². The third-order valence-corrected chi connectivity index (χ3v) is 5.41.